The Kier molecular flexibility index (Phi) is 11.2. The summed E-state index contributed by atoms with van der Waals surface area (Å²) in [5.41, 5.74) is 0. The number of allylic oxidation sites excluding steroid dienone is 2. The van der Waals surface area contributed by atoms with Crippen molar-refractivity contribution in [3.05, 3.63) is 19.0 Å². The fourth-order valence-corrected chi connectivity index (χ4v) is 0.696. The molecule has 0 heterocycles. The van der Waals surface area contributed by atoms with Crippen LogP contribution in [0, 0.1) is 0 Å². The summed E-state index contributed by atoms with van der Waals surface area (Å²) >= 11 is 15.4. The van der Waals surface area contributed by atoms with Crippen LogP contribution in [0.2, 0.25) is 0 Å². The predicted octanol–water partition coefficient (Wildman–Crippen LogP) is 2.23. The van der Waals surface area contributed by atoms with Crippen LogP contribution < -0.4 is 0 Å². The van der Waals surface area contributed by atoms with Gasteiger partial charge in [0.15, 0.2) is 12.6 Å². The quantitative estimate of drug-likeness (QED) is 0.527. The average Bonchev–Trinajstić information content (AvgIpc) is 2.35. The molecule has 0 fully saturated rings. The molecule has 0 aliphatic rings. The minimum absolute atomic E-state index is 0.00463. The van der Waals surface area contributed by atoms with E-state index in [4.69, 9.17) is 33.4 Å². The molecule has 0 bridgehead atoms. The van der Waals surface area contributed by atoms with Crippen molar-refractivity contribution in [3.8, 4) is 0 Å². The Morgan fingerprint density at radius 3 is 1.50 bits per heavy atom. The average molecular weight is 427 g/mol. The SMILES string of the molecule is O=C/C(Br)=C(/Br)C(=O)O.O=C/C(Cl)=C(/Cl)C(=O)O. The zero-order valence-corrected chi connectivity index (χ0v) is 12.9. The number of halogens is 4. The van der Waals surface area contributed by atoms with E-state index in [1.54, 1.807) is 0 Å². The zero-order chi connectivity index (χ0) is 14.9. The summed E-state index contributed by atoms with van der Waals surface area (Å²) in [5.74, 6) is -2.58. The van der Waals surface area contributed by atoms with E-state index >= 15 is 0 Å². The minimum Gasteiger partial charge on any atom is -0.477 e. The summed E-state index contributed by atoms with van der Waals surface area (Å²) in [5, 5.41) is 15.1. The Balaban J connectivity index is 0. The lowest BCUT2D eigenvalue weighted by Gasteiger charge is -1.87. The van der Waals surface area contributed by atoms with E-state index in [-0.39, 0.29) is 15.3 Å². The molecule has 2 N–H and O–H groups in total. The first kappa shape index (κ1) is 19.6. The van der Waals surface area contributed by atoms with E-state index in [0.29, 0.717) is 6.29 Å². The van der Waals surface area contributed by atoms with Gasteiger partial charge in [-0.15, -0.1) is 0 Å². The van der Waals surface area contributed by atoms with Crippen LogP contribution in [0.25, 0.3) is 0 Å². The minimum atomic E-state index is -1.41. The zero-order valence-electron chi connectivity index (χ0n) is 8.19. The van der Waals surface area contributed by atoms with Crippen molar-refractivity contribution < 1.29 is 29.4 Å². The van der Waals surface area contributed by atoms with Gasteiger partial charge >= 0.3 is 11.9 Å². The Bertz CT molecular complexity index is 389. The number of aliphatic carboxylic acids is 2. The van der Waals surface area contributed by atoms with Gasteiger partial charge < -0.3 is 10.2 Å². The second kappa shape index (κ2) is 10.2. The summed E-state index contributed by atoms with van der Waals surface area (Å²) in [6.07, 6.45) is 0.566. The smallest absolute Gasteiger partial charge is 0.348 e. The lowest BCUT2D eigenvalue weighted by Crippen LogP contribution is -1.96. The number of rotatable bonds is 4. The van der Waals surface area contributed by atoms with E-state index in [0.717, 1.165) is 0 Å². The van der Waals surface area contributed by atoms with Gasteiger partial charge in [0.05, 0.1) is 4.48 Å². The highest BCUT2D eigenvalue weighted by Gasteiger charge is 2.07. The highest BCUT2D eigenvalue weighted by Crippen LogP contribution is 2.15. The Morgan fingerprint density at radius 2 is 1.39 bits per heavy atom. The Morgan fingerprint density at radius 1 is 0.944 bits per heavy atom. The number of carbonyl (C=O) groups excluding carboxylic acids is 2. The van der Waals surface area contributed by atoms with Crippen molar-refractivity contribution >= 4 is 79.6 Å². The topological polar surface area (TPSA) is 109 Å². The molecule has 100 valence electrons. The molecule has 0 aromatic carbocycles. The lowest BCUT2D eigenvalue weighted by atomic mass is 10.5. The van der Waals surface area contributed by atoms with E-state index in [9.17, 15) is 19.2 Å². The summed E-state index contributed by atoms with van der Waals surface area (Å²) in [6.45, 7) is 0. The molecule has 0 radical (unpaired) electrons. The summed E-state index contributed by atoms with van der Waals surface area (Å²) in [7, 11) is 0. The molecule has 10 heteroatoms. The number of hydrogen-bond donors (Lipinski definition) is 2. The van der Waals surface area contributed by atoms with Gasteiger partial charge in [-0.2, -0.15) is 0 Å². The summed E-state index contributed by atoms with van der Waals surface area (Å²) < 4.78 is -0.174. The molecule has 0 unspecified atom stereocenters. The first-order valence-corrected chi connectivity index (χ1v) is 6.00. The van der Waals surface area contributed by atoms with Crippen molar-refractivity contribution in [2.24, 2.45) is 0 Å². The number of carbonyl (C=O) groups is 4. The molecule has 0 aliphatic carbocycles. The van der Waals surface area contributed by atoms with Gasteiger partial charge in [0, 0.05) is 0 Å². The van der Waals surface area contributed by atoms with Gasteiger partial charge in [0.25, 0.3) is 0 Å². The van der Waals surface area contributed by atoms with Crippen LogP contribution in [0.1, 0.15) is 0 Å². The monoisotopic (exact) mass is 424 g/mol. The molecule has 0 saturated carbocycles. The first-order chi connectivity index (χ1) is 8.18. The molecule has 0 rings (SSSR count). The lowest BCUT2D eigenvalue weighted by molar-refractivity contribution is -0.132. The Labute approximate surface area is 127 Å². The fourth-order valence-electron chi connectivity index (χ4n) is 0.308. The molecule has 0 amide bonds. The van der Waals surface area contributed by atoms with Gasteiger partial charge in [0.2, 0.25) is 0 Å². The molecule has 0 spiro atoms. The van der Waals surface area contributed by atoms with Gasteiger partial charge in [-0.1, -0.05) is 23.2 Å². The third-order valence-electron chi connectivity index (χ3n) is 1.00. The molecule has 0 aromatic rings. The summed E-state index contributed by atoms with van der Waals surface area (Å²) in [6, 6.07) is 0. The van der Waals surface area contributed by atoms with Crippen molar-refractivity contribution in [1.29, 1.82) is 0 Å². The van der Waals surface area contributed by atoms with Gasteiger partial charge in [-0.25, -0.2) is 9.59 Å². The van der Waals surface area contributed by atoms with E-state index in [2.05, 4.69) is 31.9 Å². The number of carboxylic acids is 2. The molecule has 6 nitrogen and oxygen atoms in total. The molecule has 0 saturated heterocycles. The third-order valence-corrected chi connectivity index (χ3v) is 3.62. The van der Waals surface area contributed by atoms with Gasteiger partial charge in [0.1, 0.15) is 14.5 Å². The maximum atomic E-state index is 10.0. The van der Waals surface area contributed by atoms with Crippen LogP contribution in [0.4, 0.5) is 0 Å². The third kappa shape index (κ3) is 8.40. The maximum absolute atomic E-state index is 10.0. The van der Waals surface area contributed by atoms with Crippen molar-refractivity contribution in [2.75, 3.05) is 0 Å². The molecular formula is C8H4Br2Cl2O6. The van der Waals surface area contributed by atoms with Gasteiger partial charge in [-0.05, 0) is 31.9 Å². The van der Waals surface area contributed by atoms with E-state index in [1.165, 1.54) is 0 Å². The number of hydrogen-bond acceptors (Lipinski definition) is 4. The van der Waals surface area contributed by atoms with E-state index in [1.807, 2.05) is 0 Å². The molecule has 0 atom stereocenters. The predicted molar refractivity (Wildman–Crippen MR) is 71.0 cm³/mol. The highest BCUT2D eigenvalue weighted by molar-refractivity contribution is 9.14. The van der Waals surface area contributed by atoms with Gasteiger partial charge in [-0.3, -0.25) is 9.59 Å². The molecule has 0 aromatic heterocycles. The number of carboxylic acid groups (broad SMARTS) is 2. The van der Waals surface area contributed by atoms with Crippen LogP contribution in [-0.2, 0) is 19.2 Å². The standard InChI is InChI=1S/C4H2Br2O3.C4H2Cl2O3/c2*5-2(1-7)3(6)4(8)9/h2*1H,(H,8,9)/b2*3-2-. The van der Waals surface area contributed by atoms with Crippen molar-refractivity contribution in [2.45, 2.75) is 0 Å². The van der Waals surface area contributed by atoms with Crippen LogP contribution >= 0.6 is 55.1 Å². The van der Waals surface area contributed by atoms with Crippen LogP contribution in [0.15, 0.2) is 19.0 Å². The van der Waals surface area contributed by atoms with Crippen LogP contribution in [0.5, 0.6) is 0 Å². The second-order valence-electron chi connectivity index (χ2n) is 2.17. The van der Waals surface area contributed by atoms with E-state index < -0.39 is 22.0 Å². The number of aldehydes is 2. The Hall–Kier alpha value is -0.700. The normalized spacial score (nSPS) is 12.2. The molecule has 18 heavy (non-hydrogen) atoms. The van der Waals surface area contributed by atoms with Crippen molar-refractivity contribution in [3.63, 3.8) is 0 Å². The second-order valence-corrected chi connectivity index (χ2v) is 4.60. The maximum Gasteiger partial charge on any atom is 0.348 e. The van der Waals surface area contributed by atoms with Crippen LogP contribution in [-0.4, -0.2) is 34.7 Å². The highest BCUT2D eigenvalue weighted by atomic mass is 79.9. The largest absolute Gasteiger partial charge is 0.477 e. The molecule has 0 aliphatic heterocycles. The van der Waals surface area contributed by atoms with Crippen LogP contribution in [0.3, 0.4) is 0 Å². The fraction of sp³-hybridized carbons (Fsp3) is 0. The molecular weight excluding hydrogens is 423 g/mol. The first-order valence-electron chi connectivity index (χ1n) is 3.66. The summed E-state index contributed by atoms with van der Waals surface area (Å²) in [4.78, 5) is 39.4. The van der Waals surface area contributed by atoms with Crippen molar-refractivity contribution in [1.82, 2.24) is 0 Å².